The lowest BCUT2D eigenvalue weighted by Gasteiger charge is -2.20. The van der Waals surface area contributed by atoms with Gasteiger partial charge in [-0.15, -0.1) is 0 Å². The molecule has 0 saturated heterocycles. The molecule has 1 aliphatic heterocycles. The number of alkyl halides is 1. The van der Waals surface area contributed by atoms with Crippen molar-refractivity contribution < 1.29 is 13.9 Å². The zero-order valence-corrected chi connectivity index (χ0v) is 9.59. The molecule has 0 saturated carbocycles. The Hall–Kier alpha value is -0.810. The van der Waals surface area contributed by atoms with E-state index < -0.39 is 6.17 Å². The Bertz CT molecular complexity index is 373. The lowest BCUT2D eigenvalue weighted by Crippen LogP contribution is -2.16. The minimum absolute atomic E-state index is 0.0434. The monoisotopic (exact) mass is 275 g/mol. The number of hydrogen-bond acceptors (Lipinski definition) is 3. The standard InChI is InChI=1S/C10H11BrFNO2/c11-7-4-10-9(14-1-2-15-10)3-6(7)8(12)5-13/h3-4,8H,1-2,5,13H2. The third-order valence-corrected chi connectivity index (χ3v) is 2.89. The van der Waals surface area contributed by atoms with Crippen molar-refractivity contribution in [2.75, 3.05) is 19.8 Å². The number of benzene rings is 1. The van der Waals surface area contributed by atoms with Gasteiger partial charge in [0.15, 0.2) is 11.5 Å². The molecule has 0 fully saturated rings. The third kappa shape index (κ3) is 2.08. The van der Waals surface area contributed by atoms with E-state index >= 15 is 0 Å². The maximum absolute atomic E-state index is 13.4. The van der Waals surface area contributed by atoms with Crippen molar-refractivity contribution in [3.8, 4) is 11.5 Å². The van der Waals surface area contributed by atoms with Crippen molar-refractivity contribution in [2.24, 2.45) is 5.73 Å². The van der Waals surface area contributed by atoms with Gasteiger partial charge in [0, 0.05) is 16.6 Å². The maximum Gasteiger partial charge on any atom is 0.162 e. The molecule has 0 radical (unpaired) electrons. The molecule has 15 heavy (non-hydrogen) atoms. The fraction of sp³-hybridized carbons (Fsp3) is 0.400. The van der Waals surface area contributed by atoms with E-state index in [0.717, 1.165) is 0 Å². The van der Waals surface area contributed by atoms with Crippen molar-refractivity contribution in [3.05, 3.63) is 22.2 Å². The summed E-state index contributed by atoms with van der Waals surface area (Å²) in [5, 5.41) is 0. The molecule has 0 spiro atoms. The van der Waals surface area contributed by atoms with E-state index in [1.165, 1.54) is 0 Å². The highest BCUT2D eigenvalue weighted by atomic mass is 79.9. The van der Waals surface area contributed by atoms with Crippen molar-refractivity contribution >= 4 is 15.9 Å². The second-order valence-corrected chi connectivity index (χ2v) is 4.07. The molecule has 1 heterocycles. The van der Waals surface area contributed by atoms with E-state index in [4.69, 9.17) is 15.2 Å². The lowest BCUT2D eigenvalue weighted by atomic mass is 10.1. The summed E-state index contributed by atoms with van der Waals surface area (Å²) < 4.78 is 24.8. The first-order chi connectivity index (χ1) is 7.22. The summed E-state index contributed by atoms with van der Waals surface area (Å²) >= 11 is 3.29. The summed E-state index contributed by atoms with van der Waals surface area (Å²) in [5.74, 6) is 1.22. The van der Waals surface area contributed by atoms with Gasteiger partial charge in [-0.2, -0.15) is 0 Å². The topological polar surface area (TPSA) is 44.5 Å². The summed E-state index contributed by atoms with van der Waals surface area (Å²) in [6.07, 6.45) is -1.18. The lowest BCUT2D eigenvalue weighted by molar-refractivity contribution is 0.170. The molecule has 5 heteroatoms. The van der Waals surface area contributed by atoms with Crippen LogP contribution in [-0.2, 0) is 0 Å². The van der Waals surface area contributed by atoms with Gasteiger partial charge in [-0.25, -0.2) is 4.39 Å². The van der Waals surface area contributed by atoms with E-state index in [1.54, 1.807) is 12.1 Å². The van der Waals surface area contributed by atoms with Gasteiger partial charge in [-0.1, -0.05) is 15.9 Å². The molecule has 0 aromatic heterocycles. The summed E-state index contributed by atoms with van der Waals surface area (Å²) in [4.78, 5) is 0. The van der Waals surface area contributed by atoms with E-state index in [9.17, 15) is 4.39 Å². The van der Waals surface area contributed by atoms with Crippen LogP contribution in [0.25, 0.3) is 0 Å². The van der Waals surface area contributed by atoms with Gasteiger partial charge < -0.3 is 15.2 Å². The normalized spacial score (nSPS) is 16.2. The average Bonchev–Trinajstić information content (AvgIpc) is 2.27. The average molecular weight is 276 g/mol. The minimum Gasteiger partial charge on any atom is -0.486 e. The van der Waals surface area contributed by atoms with Crippen LogP contribution in [0, 0.1) is 0 Å². The Balaban J connectivity index is 2.40. The summed E-state index contributed by atoms with van der Waals surface area (Å²) in [7, 11) is 0. The molecule has 1 aromatic carbocycles. The maximum atomic E-state index is 13.4. The van der Waals surface area contributed by atoms with Crippen molar-refractivity contribution in [2.45, 2.75) is 6.17 Å². The van der Waals surface area contributed by atoms with Gasteiger partial charge >= 0.3 is 0 Å². The number of ether oxygens (including phenoxy) is 2. The number of hydrogen-bond donors (Lipinski definition) is 1. The Morgan fingerprint density at radius 2 is 1.93 bits per heavy atom. The Labute approximate surface area is 95.5 Å². The number of nitrogens with two attached hydrogens (primary N) is 1. The molecule has 1 atom stereocenters. The fourth-order valence-electron chi connectivity index (χ4n) is 1.45. The van der Waals surface area contributed by atoms with E-state index in [2.05, 4.69) is 15.9 Å². The van der Waals surface area contributed by atoms with Gasteiger partial charge in [-0.05, 0) is 12.1 Å². The van der Waals surface area contributed by atoms with Crippen LogP contribution < -0.4 is 15.2 Å². The summed E-state index contributed by atoms with van der Waals surface area (Å²) in [6.45, 7) is 0.973. The van der Waals surface area contributed by atoms with Crippen LogP contribution >= 0.6 is 15.9 Å². The molecule has 2 rings (SSSR count). The van der Waals surface area contributed by atoms with Crippen molar-refractivity contribution in [3.63, 3.8) is 0 Å². The smallest absolute Gasteiger partial charge is 0.162 e. The largest absolute Gasteiger partial charge is 0.486 e. The zero-order chi connectivity index (χ0) is 10.8. The predicted molar refractivity (Wildman–Crippen MR) is 58.0 cm³/mol. The number of rotatable bonds is 2. The van der Waals surface area contributed by atoms with Crippen LogP contribution in [0.4, 0.5) is 4.39 Å². The Morgan fingerprint density at radius 1 is 1.33 bits per heavy atom. The molecule has 0 bridgehead atoms. The van der Waals surface area contributed by atoms with E-state index in [1.807, 2.05) is 0 Å². The third-order valence-electron chi connectivity index (χ3n) is 2.21. The van der Waals surface area contributed by atoms with Crippen molar-refractivity contribution in [1.82, 2.24) is 0 Å². The first kappa shape index (κ1) is 10.7. The van der Waals surface area contributed by atoms with Crippen LogP contribution in [0.5, 0.6) is 11.5 Å². The highest BCUT2D eigenvalue weighted by Crippen LogP contribution is 2.38. The van der Waals surface area contributed by atoms with Gasteiger partial charge in [-0.3, -0.25) is 0 Å². The van der Waals surface area contributed by atoms with Crippen LogP contribution in [-0.4, -0.2) is 19.8 Å². The molecule has 2 N–H and O–H groups in total. The molecule has 1 unspecified atom stereocenters. The fourth-order valence-corrected chi connectivity index (χ4v) is 2.02. The van der Waals surface area contributed by atoms with Crippen LogP contribution in [0.2, 0.25) is 0 Å². The number of halogens is 2. The first-order valence-electron chi connectivity index (χ1n) is 4.65. The Kier molecular flexibility index (Phi) is 3.11. The zero-order valence-electron chi connectivity index (χ0n) is 8.00. The second kappa shape index (κ2) is 4.37. The van der Waals surface area contributed by atoms with E-state index in [-0.39, 0.29) is 6.54 Å². The van der Waals surface area contributed by atoms with Gasteiger partial charge in [0.05, 0.1) is 0 Å². The molecule has 0 amide bonds. The highest BCUT2D eigenvalue weighted by Gasteiger charge is 2.18. The SMILES string of the molecule is NCC(F)c1cc2c(cc1Br)OCCO2. The van der Waals surface area contributed by atoms with E-state index in [0.29, 0.717) is 34.7 Å². The summed E-state index contributed by atoms with van der Waals surface area (Å²) in [6, 6.07) is 3.35. The second-order valence-electron chi connectivity index (χ2n) is 3.22. The first-order valence-corrected chi connectivity index (χ1v) is 5.45. The van der Waals surface area contributed by atoms with Gasteiger partial charge in [0.25, 0.3) is 0 Å². The summed E-state index contributed by atoms with van der Waals surface area (Å²) in [5.41, 5.74) is 5.78. The van der Waals surface area contributed by atoms with Gasteiger partial charge in [0.2, 0.25) is 0 Å². The van der Waals surface area contributed by atoms with Crippen molar-refractivity contribution in [1.29, 1.82) is 0 Å². The molecular formula is C10H11BrFNO2. The molecule has 0 aliphatic carbocycles. The van der Waals surface area contributed by atoms with Crippen LogP contribution in [0.1, 0.15) is 11.7 Å². The quantitative estimate of drug-likeness (QED) is 0.900. The Morgan fingerprint density at radius 3 is 2.53 bits per heavy atom. The predicted octanol–water partition coefficient (Wildman–Crippen LogP) is 2.19. The molecule has 82 valence electrons. The molecule has 3 nitrogen and oxygen atoms in total. The molecule has 1 aliphatic rings. The van der Waals surface area contributed by atoms with Gasteiger partial charge in [0.1, 0.15) is 19.4 Å². The highest BCUT2D eigenvalue weighted by molar-refractivity contribution is 9.10. The molecule has 1 aromatic rings. The van der Waals surface area contributed by atoms with Crippen LogP contribution in [0.3, 0.4) is 0 Å². The molecular weight excluding hydrogens is 265 g/mol. The van der Waals surface area contributed by atoms with Crippen LogP contribution in [0.15, 0.2) is 16.6 Å². The number of fused-ring (bicyclic) bond motifs is 1. The minimum atomic E-state index is -1.18.